The van der Waals surface area contributed by atoms with Crippen molar-refractivity contribution in [2.45, 2.75) is 33.0 Å². The van der Waals surface area contributed by atoms with E-state index in [1.807, 2.05) is 0 Å². The number of hydrogen-bond donors (Lipinski definition) is 0. The zero-order valence-corrected chi connectivity index (χ0v) is 13.0. The van der Waals surface area contributed by atoms with Crippen LogP contribution in [0.5, 0.6) is 0 Å². The number of ether oxygens (including phenoxy) is 1. The molecule has 0 saturated carbocycles. The highest BCUT2D eigenvalue weighted by atomic mass is 19.1. The fraction of sp³-hybridized carbons (Fsp3) is 0.353. The van der Waals surface area contributed by atoms with E-state index in [0.717, 1.165) is 5.56 Å². The molecule has 0 aliphatic carbocycles. The molecule has 0 amide bonds. The first-order chi connectivity index (χ1) is 10.5. The Morgan fingerprint density at radius 1 is 1.18 bits per heavy atom. The highest BCUT2D eigenvalue weighted by molar-refractivity contribution is 5.86. The average Bonchev–Trinajstić information content (AvgIpc) is 2.96. The normalized spacial score (nSPS) is 11.2. The molecule has 0 unspecified atom stereocenters. The third-order valence-corrected chi connectivity index (χ3v) is 3.44. The zero-order chi connectivity index (χ0) is 16.1. The van der Waals surface area contributed by atoms with Gasteiger partial charge in [0.2, 0.25) is 5.76 Å². The maximum Gasteiger partial charge on any atom is 0.373 e. The minimum atomic E-state index is -0.485. The van der Waals surface area contributed by atoms with E-state index in [4.69, 9.17) is 4.42 Å². The Labute approximate surface area is 129 Å². The third kappa shape index (κ3) is 4.18. The van der Waals surface area contributed by atoms with Crippen LogP contribution in [0.3, 0.4) is 0 Å². The number of furan rings is 1. The van der Waals surface area contributed by atoms with Crippen LogP contribution in [0, 0.1) is 5.82 Å². The van der Waals surface area contributed by atoms with Gasteiger partial charge in [-0.25, -0.2) is 9.18 Å². The van der Waals surface area contributed by atoms with Crippen LogP contribution in [-0.4, -0.2) is 24.0 Å². The Bertz CT molecular complexity index is 619. The van der Waals surface area contributed by atoms with Crippen molar-refractivity contribution in [1.29, 1.82) is 0 Å². The number of benzene rings is 1. The number of nitrogens with zero attached hydrogens (tertiary/aromatic N) is 1. The molecule has 5 heteroatoms. The lowest BCUT2D eigenvalue weighted by molar-refractivity contribution is 0.0560. The van der Waals surface area contributed by atoms with E-state index in [9.17, 15) is 9.18 Å². The Hall–Kier alpha value is -2.14. The molecule has 0 fully saturated rings. The maximum atomic E-state index is 13.0. The SMILES string of the molecule is COC(=O)c1ccc(CN(Cc2ccc(F)cc2)C(C)C)o1. The van der Waals surface area contributed by atoms with Crippen LogP contribution >= 0.6 is 0 Å². The van der Waals surface area contributed by atoms with Gasteiger partial charge in [-0.05, 0) is 43.7 Å². The van der Waals surface area contributed by atoms with Crippen LogP contribution in [0.25, 0.3) is 0 Å². The third-order valence-electron chi connectivity index (χ3n) is 3.44. The Morgan fingerprint density at radius 2 is 1.86 bits per heavy atom. The molecule has 0 aliphatic heterocycles. The van der Waals surface area contributed by atoms with Crippen LogP contribution in [0.15, 0.2) is 40.8 Å². The minimum Gasteiger partial charge on any atom is -0.463 e. The standard InChI is InChI=1S/C17H20FNO3/c1-12(2)19(10-13-4-6-14(18)7-5-13)11-15-8-9-16(22-15)17(20)21-3/h4-9,12H,10-11H2,1-3H3. The van der Waals surface area contributed by atoms with E-state index in [-0.39, 0.29) is 17.6 Å². The first-order valence-corrected chi connectivity index (χ1v) is 7.15. The van der Waals surface area contributed by atoms with E-state index in [1.165, 1.54) is 19.2 Å². The predicted octanol–water partition coefficient (Wildman–Crippen LogP) is 3.62. The molecule has 0 radical (unpaired) electrons. The summed E-state index contributed by atoms with van der Waals surface area (Å²) in [6, 6.07) is 10.1. The molecule has 2 aromatic rings. The number of carbonyl (C=O) groups excluding carboxylic acids is 1. The highest BCUT2D eigenvalue weighted by Crippen LogP contribution is 2.16. The van der Waals surface area contributed by atoms with Gasteiger partial charge in [-0.15, -0.1) is 0 Å². The lowest BCUT2D eigenvalue weighted by Crippen LogP contribution is -2.29. The van der Waals surface area contributed by atoms with Crippen molar-refractivity contribution in [2.75, 3.05) is 7.11 Å². The first kappa shape index (κ1) is 16.2. The van der Waals surface area contributed by atoms with Gasteiger partial charge >= 0.3 is 5.97 Å². The van der Waals surface area contributed by atoms with Gasteiger partial charge in [0.15, 0.2) is 0 Å². The number of esters is 1. The van der Waals surface area contributed by atoms with E-state index in [0.29, 0.717) is 18.8 Å². The number of halogens is 1. The molecule has 118 valence electrons. The topological polar surface area (TPSA) is 42.7 Å². The number of methoxy groups -OCH3 is 1. The molecule has 0 aliphatic rings. The maximum absolute atomic E-state index is 13.0. The molecule has 0 N–H and O–H groups in total. The Kier molecular flexibility index (Phi) is 5.33. The van der Waals surface area contributed by atoms with Crippen LogP contribution in [0.2, 0.25) is 0 Å². The van der Waals surface area contributed by atoms with Crippen molar-refractivity contribution in [1.82, 2.24) is 4.90 Å². The molecule has 4 nitrogen and oxygen atoms in total. The summed E-state index contributed by atoms with van der Waals surface area (Å²) in [6.45, 7) is 5.39. The summed E-state index contributed by atoms with van der Waals surface area (Å²) in [7, 11) is 1.32. The summed E-state index contributed by atoms with van der Waals surface area (Å²) in [5, 5.41) is 0. The van der Waals surface area contributed by atoms with E-state index < -0.39 is 5.97 Å². The number of hydrogen-bond acceptors (Lipinski definition) is 4. The van der Waals surface area contributed by atoms with Crippen molar-refractivity contribution in [3.63, 3.8) is 0 Å². The first-order valence-electron chi connectivity index (χ1n) is 7.15. The molecule has 1 heterocycles. The summed E-state index contributed by atoms with van der Waals surface area (Å²) in [5.74, 6) is 0.161. The molecular weight excluding hydrogens is 285 g/mol. The van der Waals surface area contributed by atoms with Gasteiger partial charge in [0, 0.05) is 12.6 Å². The number of carbonyl (C=O) groups is 1. The number of rotatable bonds is 6. The van der Waals surface area contributed by atoms with Gasteiger partial charge in [-0.1, -0.05) is 12.1 Å². The van der Waals surface area contributed by atoms with E-state index in [2.05, 4.69) is 23.5 Å². The van der Waals surface area contributed by atoms with Gasteiger partial charge in [0.25, 0.3) is 0 Å². The largest absolute Gasteiger partial charge is 0.463 e. The highest BCUT2D eigenvalue weighted by Gasteiger charge is 2.16. The van der Waals surface area contributed by atoms with Crippen LogP contribution in [-0.2, 0) is 17.8 Å². The van der Waals surface area contributed by atoms with E-state index >= 15 is 0 Å². The molecule has 0 bridgehead atoms. The fourth-order valence-corrected chi connectivity index (χ4v) is 2.12. The molecule has 0 atom stereocenters. The minimum absolute atomic E-state index is 0.197. The molecule has 0 spiro atoms. The van der Waals surface area contributed by atoms with Crippen molar-refractivity contribution < 1.29 is 18.3 Å². The van der Waals surface area contributed by atoms with Crippen molar-refractivity contribution in [2.24, 2.45) is 0 Å². The van der Waals surface area contributed by atoms with Crippen molar-refractivity contribution in [3.05, 3.63) is 59.3 Å². The predicted molar refractivity (Wildman–Crippen MR) is 80.8 cm³/mol. The summed E-state index contributed by atoms with van der Waals surface area (Å²) >= 11 is 0. The molecule has 2 rings (SSSR count). The van der Waals surface area contributed by atoms with Crippen LogP contribution < -0.4 is 0 Å². The van der Waals surface area contributed by atoms with Gasteiger partial charge < -0.3 is 9.15 Å². The molecule has 22 heavy (non-hydrogen) atoms. The van der Waals surface area contributed by atoms with Gasteiger partial charge in [0.05, 0.1) is 13.7 Å². The van der Waals surface area contributed by atoms with Crippen LogP contribution in [0.4, 0.5) is 4.39 Å². The summed E-state index contributed by atoms with van der Waals surface area (Å²) < 4.78 is 23.1. The molecule has 0 saturated heterocycles. The second kappa shape index (κ2) is 7.22. The fourth-order valence-electron chi connectivity index (χ4n) is 2.12. The monoisotopic (exact) mass is 305 g/mol. The Morgan fingerprint density at radius 3 is 2.45 bits per heavy atom. The summed E-state index contributed by atoms with van der Waals surface area (Å²) in [4.78, 5) is 13.6. The zero-order valence-electron chi connectivity index (χ0n) is 13.0. The molecule has 1 aromatic heterocycles. The lowest BCUT2D eigenvalue weighted by Gasteiger charge is -2.25. The average molecular weight is 305 g/mol. The summed E-state index contributed by atoms with van der Waals surface area (Å²) in [5.41, 5.74) is 1.02. The van der Waals surface area contributed by atoms with Gasteiger partial charge in [0.1, 0.15) is 11.6 Å². The van der Waals surface area contributed by atoms with Gasteiger partial charge in [-0.2, -0.15) is 0 Å². The van der Waals surface area contributed by atoms with Crippen molar-refractivity contribution in [3.8, 4) is 0 Å². The van der Waals surface area contributed by atoms with E-state index in [1.54, 1.807) is 24.3 Å². The molecule has 1 aromatic carbocycles. The lowest BCUT2D eigenvalue weighted by atomic mass is 10.2. The van der Waals surface area contributed by atoms with Gasteiger partial charge in [-0.3, -0.25) is 4.90 Å². The van der Waals surface area contributed by atoms with Crippen molar-refractivity contribution >= 4 is 5.97 Å². The van der Waals surface area contributed by atoms with Crippen LogP contribution in [0.1, 0.15) is 35.7 Å². The smallest absolute Gasteiger partial charge is 0.373 e. The second-order valence-corrected chi connectivity index (χ2v) is 5.38. The molecular formula is C17H20FNO3. The Balaban J connectivity index is 2.07. The quantitative estimate of drug-likeness (QED) is 0.765. The second-order valence-electron chi connectivity index (χ2n) is 5.38. The summed E-state index contributed by atoms with van der Waals surface area (Å²) in [6.07, 6.45) is 0.